The lowest BCUT2D eigenvalue weighted by Crippen LogP contribution is -2.33. The average molecular weight is 493 g/mol. The lowest BCUT2D eigenvalue weighted by Gasteiger charge is -2.16. The number of H-pyrrole nitrogens is 1. The van der Waals surface area contributed by atoms with E-state index in [1.807, 2.05) is 12.1 Å². The Morgan fingerprint density at radius 2 is 2.21 bits per heavy atom. The molecular weight excluding hydrogens is 471 g/mol. The summed E-state index contributed by atoms with van der Waals surface area (Å²) in [6.45, 7) is 3.18. The van der Waals surface area contributed by atoms with Crippen molar-refractivity contribution < 1.29 is 18.7 Å². The maximum absolute atomic E-state index is 15.0. The second-order valence-electron chi connectivity index (χ2n) is 7.19. The van der Waals surface area contributed by atoms with Gasteiger partial charge in [0, 0.05) is 41.0 Å². The molecule has 9 nitrogen and oxygen atoms in total. The summed E-state index contributed by atoms with van der Waals surface area (Å²) >= 11 is 1.50. The molecule has 1 aromatic carbocycles. The van der Waals surface area contributed by atoms with Crippen molar-refractivity contribution in [2.45, 2.75) is 26.1 Å². The number of thiophene rings is 1. The van der Waals surface area contributed by atoms with Crippen LogP contribution in [-0.2, 0) is 27.4 Å². The second-order valence-corrected chi connectivity index (χ2v) is 8.36. The highest BCUT2D eigenvalue weighted by atomic mass is 35.5. The summed E-state index contributed by atoms with van der Waals surface area (Å²) in [6, 6.07) is 8.64. The minimum Gasteiger partial charge on any atom is -0.464 e. The minimum absolute atomic E-state index is 0. The Bertz CT molecular complexity index is 1150. The van der Waals surface area contributed by atoms with E-state index in [-0.39, 0.29) is 30.7 Å². The number of hydrogen-bond donors (Lipinski definition) is 3. The number of hydrogen-bond acceptors (Lipinski definition) is 8. The summed E-state index contributed by atoms with van der Waals surface area (Å²) in [5, 5.41) is 16.2. The molecule has 1 saturated heterocycles. The maximum Gasteiger partial charge on any atom is 0.283 e. The van der Waals surface area contributed by atoms with E-state index in [1.54, 1.807) is 29.2 Å². The Kier molecular flexibility index (Phi) is 8.18. The molecule has 3 aromatic rings. The number of nitrogens with one attached hydrogen (secondary N) is 3. The minimum atomic E-state index is -0.414. The van der Waals surface area contributed by atoms with Crippen LogP contribution >= 0.6 is 23.7 Å². The number of aromatic nitrogens is 3. The normalized spacial score (nSPS) is 15.0. The van der Waals surface area contributed by atoms with Crippen molar-refractivity contribution in [1.82, 2.24) is 26.0 Å². The van der Waals surface area contributed by atoms with Crippen LogP contribution in [0.5, 0.6) is 0 Å². The molecule has 1 aliphatic heterocycles. The first kappa shape index (κ1) is 24.4. The Balaban J connectivity index is 0.00000306. The van der Waals surface area contributed by atoms with Gasteiger partial charge >= 0.3 is 0 Å². The van der Waals surface area contributed by atoms with Crippen LogP contribution in [0, 0.1) is 5.82 Å². The number of carbonyl (C=O) groups is 1. The summed E-state index contributed by atoms with van der Waals surface area (Å²) in [5.41, 5.74) is 1.78. The molecule has 1 aliphatic rings. The lowest BCUT2D eigenvalue weighted by atomic mass is 10.1. The monoisotopic (exact) mass is 492 g/mol. The molecule has 33 heavy (non-hydrogen) atoms. The predicted octanol–water partition coefficient (Wildman–Crippen LogP) is 2.40. The van der Waals surface area contributed by atoms with Crippen LogP contribution in [0.25, 0.3) is 10.4 Å². The van der Waals surface area contributed by atoms with E-state index in [2.05, 4.69) is 26.0 Å². The molecule has 0 radical (unpaired) electrons. The maximum atomic E-state index is 15.0. The van der Waals surface area contributed by atoms with Gasteiger partial charge in [-0.15, -0.1) is 23.7 Å². The van der Waals surface area contributed by atoms with Crippen molar-refractivity contribution >= 4 is 41.3 Å². The molecule has 0 bridgehead atoms. The third-order valence-electron chi connectivity index (χ3n) is 4.84. The van der Waals surface area contributed by atoms with Gasteiger partial charge < -0.3 is 15.4 Å². The van der Waals surface area contributed by atoms with Crippen LogP contribution in [0.2, 0.25) is 0 Å². The molecule has 0 aliphatic carbocycles. The quantitative estimate of drug-likeness (QED) is 0.414. The number of benzene rings is 1. The van der Waals surface area contributed by atoms with Gasteiger partial charge in [0.05, 0.1) is 25.0 Å². The van der Waals surface area contributed by atoms with Gasteiger partial charge in [-0.05, 0) is 30.3 Å². The van der Waals surface area contributed by atoms with Crippen LogP contribution < -0.4 is 15.5 Å². The Hall–Kier alpha value is -3.24. The van der Waals surface area contributed by atoms with Gasteiger partial charge in [-0.25, -0.2) is 9.18 Å². The van der Waals surface area contributed by atoms with Crippen LogP contribution in [0.3, 0.4) is 0 Å². The fourth-order valence-corrected chi connectivity index (χ4v) is 4.33. The summed E-state index contributed by atoms with van der Waals surface area (Å²) in [4.78, 5) is 25.8. The molecule has 0 saturated carbocycles. The molecule has 1 fully saturated rings. The van der Waals surface area contributed by atoms with E-state index in [9.17, 15) is 14.0 Å². The van der Waals surface area contributed by atoms with Gasteiger partial charge in [0.2, 0.25) is 5.91 Å². The molecule has 2 aromatic heterocycles. The SMILES string of the molecule is CC(=O)NC[C@H]1CN(c2ccc(-c3ccc(CNCc4cn[nH]n4)s3)c(F)c2)C(=C=O)O1.Cl. The van der Waals surface area contributed by atoms with Crippen LogP contribution in [0.1, 0.15) is 17.5 Å². The molecule has 3 heterocycles. The summed E-state index contributed by atoms with van der Waals surface area (Å²) in [7, 11) is 0. The summed E-state index contributed by atoms with van der Waals surface area (Å²) < 4.78 is 20.5. The molecule has 0 spiro atoms. The van der Waals surface area contributed by atoms with E-state index in [1.165, 1.54) is 24.3 Å². The molecule has 0 unspecified atom stereocenters. The first-order chi connectivity index (χ1) is 15.5. The summed E-state index contributed by atoms with van der Waals surface area (Å²) in [5.74, 6) is 1.13. The van der Waals surface area contributed by atoms with Crippen molar-refractivity contribution in [3.05, 3.63) is 58.8 Å². The van der Waals surface area contributed by atoms with E-state index in [0.29, 0.717) is 30.9 Å². The predicted molar refractivity (Wildman–Crippen MR) is 124 cm³/mol. The molecular formula is C21H22ClFN6O3S. The topological polar surface area (TPSA) is 112 Å². The zero-order valence-electron chi connectivity index (χ0n) is 17.6. The number of carbonyl (C=O) groups excluding carboxylic acids is 2. The van der Waals surface area contributed by atoms with Crippen LogP contribution in [-0.4, -0.2) is 46.5 Å². The fourth-order valence-electron chi connectivity index (χ4n) is 3.32. The standard InChI is InChI=1S/C21H21FN6O3S.ClH/c1-13(30)24-9-16-11-28(21(12-29)31-16)15-2-4-18(19(22)6-15)20-5-3-17(32-20)10-23-7-14-8-25-27-26-14;/h2-6,8,16,23H,7,9-11H2,1H3,(H,24,30)(H,25,26,27);1H/t16-;/m0./s1. The van der Waals surface area contributed by atoms with Gasteiger partial charge in [-0.2, -0.15) is 15.4 Å². The van der Waals surface area contributed by atoms with Crippen molar-refractivity contribution in [1.29, 1.82) is 0 Å². The van der Waals surface area contributed by atoms with Gasteiger partial charge in [-0.3, -0.25) is 9.69 Å². The van der Waals surface area contributed by atoms with E-state index >= 15 is 0 Å². The average Bonchev–Trinajstić information content (AvgIpc) is 3.53. The fraction of sp³-hybridized carbons (Fsp3) is 0.286. The largest absolute Gasteiger partial charge is 0.464 e. The number of rotatable bonds is 8. The number of halogens is 2. The van der Waals surface area contributed by atoms with E-state index in [0.717, 1.165) is 15.4 Å². The van der Waals surface area contributed by atoms with Gasteiger partial charge in [0.25, 0.3) is 5.88 Å². The third kappa shape index (κ3) is 5.96. The molecule has 174 valence electrons. The smallest absolute Gasteiger partial charge is 0.283 e. The Morgan fingerprint density at radius 3 is 2.91 bits per heavy atom. The number of ether oxygens (including phenoxy) is 1. The van der Waals surface area contributed by atoms with Gasteiger partial charge in [-0.1, -0.05) is 0 Å². The number of anilines is 1. The highest BCUT2D eigenvalue weighted by Crippen LogP contribution is 2.34. The Labute approximate surface area is 199 Å². The number of nitrogens with zero attached hydrogens (tertiary/aromatic N) is 3. The van der Waals surface area contributed by atoms with E-state index < -0.39 is 11.9 Å². The molecule has 1 amide bonds. The first-order valence-electron chi connectivity index (χ1n) is 9.91. The van der Waals surface area contributed by atoms with Crippen LogP contribution in [0.15, 0.2) is 42.4 Å². The summed E-state index contributed by atoms with van der Waals surface area (Å²) in [6.07, 6.45) is 1.24. The highest BCUT2D eigenvalue weighted by Gasteiger charge is 2.31. The molecule has 4 rings (SSSR count). The zero-order chi connectivity index (χ0) is 22.5. The molecule has 12 heteroatoms. The molecule has 3 N–H and O–H groups in total. The van der Waals surface area contributed by atoms with Crippen molar-refractivity contribution in [2.75, 3.05) is 18.0 Å². The first-order valence-corrected chi connectivity index (χ1v) is 10.7. The number of aromatic amines is 1. The van der Waals surface area contributed by atoms with Crippen molar-refractivity contribution in [2.24, 2.45) is 0 Å². The van der Waals surface area contributed by atoms with Crippen molar-refractivity contribution in [3.63, 3.8) is 0 Å². The van der Waals surface area contributed by atoms with Crippen molar-refractivity contribution in [3.8, 4) is 10.4 Å². The van der Waals surface area contributed by atoms with Gasteiger partial charge in [0.1, 0.15) is 11.9 Å². The lowest BCUT2D eigenvalue weighted by molar-refractivity contribution is -0.119. The molecule has 1 atom stereocenters. The third-order valence-corrected chi connectivity index (χ3v) is 5.96. The highest BCUT2D eigenvalue weighted by molar-refractivity contribution is 7.15. The van der Waals surface area contributed by atoms with Gasteiger partial charge in [0.15, 0.2) is 5.94 Å². The van der Waals surface area contributed by atoms with E-state index in [4.69, 9.17) is 4.74 Å². The Morgan fingerprint density at radius 1 is 1.36 bits per heavy atom. The van der Waals surface area contributed by atoms with Crippen LogP contribution in [0.4, 0.5) is 10.1 Å². The zero-order valence-corrected chi connectivity index (χ0v) is 19.3. The number of amides is 1. The second kappa shape index (κ2) is 11.1.